The van der Waals surface area contributed by atoms with E-state index in [4.69, 9.17) is 9.47 Å². The van der Waals surface area contributed by atoms with Crippen LogP contribution in [0, 0.1) is 10.1 Å². The Kier molecular flexibility index (Phi) is 7.13. The summed E-state index contributed by atoms with van der Waals surface area (Å²) in [5.41, 5.74) is -0.0574. The normalized spacial score (nSPS) is 14.1. The average molecular weight is 394 g/mol. The molecule has 1 aliphatic heterocycles. The monoisotopic (exact) mass is 394 g/mol. The first-order chi connectivity index (χ1) is 13.3. The van der Waals surface area contributed by atoms with Crippen molar-refractivity contribution in [2.45, 2.75) is 25.8 Å². The highest BCUT2D eigenvalue weighted by Crippen LogP contribution is 2.28. The second-order valence-corrected chi connectivity index (χ2v) is 6.03. The Morgan fingerprint density at radius 3 is 2.50 bits per heavy atom. The maximum Gasteiger partial charge on any atom is 0.409 e. The molecule has 1 heterocycles. The number of nitrogens with zero attached hydrogens (tertiary/aromatic N) is 2. The zero-order chi connectivity index (χ0) is 20.7. The van der Waals surface area contributed by atoms with E-state index in [-0.39, 0.29) is 23.2 Å². The van der Waals surface area contributed by atoms with Gasteiger partial charge in [-0.25, -0.2) is 4.79 Å². The number of hydrogen-bond acceptors (Lipinski definition) is 7. The zero-order valence-electron chi connectivity index (χ0n) is 15.6. The molecule has 11 heteroatoms. The molecule has 0 radical (unpaired) electrons. The molecule has 0 atom stereocenters. The third-order valence-electron chi connectivity index (χ3n) is 4.21. The lowest BCUT2D eigenvalue weighted by atomic mass is 10.1. The lowest BCUT2D eigenvalue weighted by Gasteiger charge is -2.31. The largest absolute Gasteiger partial charge is 0.494 e. The minimum absolute atomic E-state index is 0.0677. The molecule has 152 valence electrons. The molecule has 1 aliphatic rings. The summed E-state index contributed by atoms with van der Waals surface area (Å²) in [5.74, 6) is -1.69. The second kappa shape index (κ2) is 9.53. The number of nitro benzene ring substituents is 1. The van der Waals surface area contributed by atoms with Gasteiger partial charge in [0.15, 0.2) is 0 Å². The fraction of sp³-hybridized carbons (Fsp3) is 0.471. The van der Waals surface area contributed by atoms with Crippen LogP contribution in [-0.2, 0) is 14.3 Å². The number of non-ortho nitro benzene ring substituents is 1. The summed E-state index contributed by atoms with van der Waals surface area (Å²) in [6.45, 7) is 2.86. The van der Waals surface area contributed by atoms with Gasteiger partial charge < -0.3 is 25.0 Å². The summed E-state index contributed by atoms with van der Waals surface area (Å²) < 4.78 is 9.95. The SMILES string of the molecule is CCOC(=O)N1CCC(NC(=O)C(=O)Nc2ccc([N+](=O)[O-])cc2OC)CC1. The predicted octanol–water partition coefficient (Wildman–Crippen LogP) is 1.28. The van der Waals surface area contributed by atoms with E-state index in [9.17, 15) is 24.5 Å². The van der Waals surface area contributed by atoms with E-state index in [0.29, 0.717) is 32.5 Å². The van der Waals surface area contributed by atoms with Crippen LogP contribution in [-0.4, -0.2) is 60.6 Å². The van der Waals surface area contributed by atoms with Crippen molar-refractivity contribution in [1.29, 1.82) is 0 Å². The molecule has 2 N–H and O–H groups in total. The van der Waals surface area contributed by atoms with Crippen molar-refractivity contribution in [2.24, 2.45) is 0 Å². The van der Waals surface area contributed by atoms with Gasteiger partial charge in [0.25, 0.3) is 5.69 Å². The van der Waals surface area contributed by atoms with Crippen LogP contribution in [0.25, 0.3) is 0 Å². The summed E-state index contributed by atoms with van der Waals surface area (Å²) >= 11 is 0. The van der Waals surface area contributed by atoms with E-state index in [1.165, 1.54) is 19.2 Å². The minimum Gasteiger partial charge on any atom is -0.494 e. The molecule has 1 fully saturated rings. The molecule has 0 spiro atoms. The van der Waals surface area contributed by atoms with E-state index in [2.05, 4.69) is 10.6 Å². The lowest BCUT2D eigenvalue weighted by molar-refractivity contribution is -0.384. The Morgan fingerprint density at radius 1 is 1.25 bits per heavy atom. The number of carbonyl (C=O) groups is 3. The van der Waals surface area contributed by atoms with E-state index in [1.807, 2.05) is 0 Å². The van der Waals surface area contributed by atoms with Crippen molar-refractivity contribution in [3.8, 4) is 5.75 Å². The van der Waals surface area contributed by atoms with Gasteiger partial charge in [-0.2, -0.15) is 0 Å². The minimum atomic E-state index is -0.917. The molecule has 0 unspecified atom stereocenters. The number of nitrogens with one attached hydrogen (secondary N) is 2. The van der Waals surface area contributed by atoms with Crippen LogP contribution >= 0.6 is 0 Å². The number of methoxy groups -OCH3 is 1. The van der Waals surface area contributed by atoms with Crippen molar-refractivity contribution in [3.63, 3.8) is 0 Å². The highest BCUT2D eigenvalue weighted by Gasteiger charge is 2.26. The summed E-state index contributed by atoms with van der Waals surface area (Å²) in [6.07, 6.45) is 0.604. The molecule has 3 amide bonds. The van der Waals surface area contributed by atoms with Crippen LogP contribution in [0.4, 0.5) is 16.2 Å². The maximum absolute atomic E-state index is 12.1. The molecule has 2 rings (SSSR count). The Morgan fingerprint density at radius 2 is 1.93 bits per heavy atom. The third-order valence-corrected chi connectivity index (χ3v) is 4.21. The van der Waals surface area contributed by atoms with Crippen LogP contribution < -0.4 is 15.4 Å². The van der Waals surface area contributed by atoms with Crippen molar-refractivity contribution in [2.75, 3.05) is 32.1 Å². The van der Waals surface area contributed by atoms with Gasteiger partial charge >= 0.3 is 17.9 Å². The summed E-state index contributed by atoms with van der Waals surface area (Å²) in [6, 6.07) is 3.39. The van der Waals surface area contributed by atoms with Crippen molar-refractivity contribution >= 4 is 29.3 Å². The van der Waals surface area contributed by atoms with Gasteiger partial charge in [-0.3, -0.25) is 19.7 Å². The Labute approximate surface area is 161 Å². The molecule has 28 heavy (non-hydrogen) atoms. The Balaban J connectivity index is 1.89. The summed E-state index contributed by atoms with van der Waals surface area (Å²) in [5, 5.41) is 15.8. The molecule has 1 aromatic rings. The third kappa shape index (κ3) is 5.32. The van der Waals surface area contributed by atoms with E-state index < -0.39 is 22.8 Å². The molecule has 1 saturated heterocycles. The van der Waals surface area contributed by atoms with Gasteiger partial charge in [-0.05, 0) is 25.8 Å². The van der Waals surface area contributed by atoms with Crippen molar-refractivity contribution < 1.29 is 28.8 Å². The number of ether oxygens (including phenoxy) is 2. The standard InChI is InChI=1S/C17H22N4O7/c1-3-28-17(24)20-8-6-11(7-9-20)18-15(22)16(23)19-13-5-4-12(21(25)26)10-14(13)27-2/h4-5,10-11H,3,6-9H2,1-2H3,(H,18,22)(H,19,23). The molecule has 0 aliphatic carbocycles. The summed E-state index contributed by atoms with van der Waals surface area (Å²) in [4.78, 5) is 47.7. The van der Waals surface area contributed by atoms with E-state index >= 15 is 0 Å². The first-order valence-corrected chi connectivity index (χ1v) is 8.71. The number of amides is 3. The van der Waals surface area contributed by atoms with Crippen molar-refractivity contribution in [1.82, 2.24) is 10.2 Å². The zero-order valence-corrected chi connectivity index (χ0v) is 15.6. The van der Waals surface area contributed by atoms with Crippen molar-refractivity contribution in [3.05, 3.63) is 28.3 Å². The van der Waals surface area contributed by atoms with Crippen LogP contribution in [0.2, 0.25) is 0 Å². The average Bonchev–Trinajstić information content (AvgIpc) is 2.68. The molecule has 11 nitrogen and oxygen atoms in total. The number of anilines is 1. The Hall–Kier alpha value is -3.37. The predicted molar refractivity (Wildman–Crippen MR) is 98.0 cm³/mol. The molecular weight excluding hydrogens is 372 g/mol. The quantitative estimate of drug-likeness (QED) is 0.435. The Bertz CT molecular complexity index is 760. The van der Waals surface area contributed by atoms with E-state index in [0.717, 1.165) is 6.07 Å². The van der Waals surface area contributed by atoms with Gasteiger partial charge in [0, 0.05) is 25.2 Å². The van der Waals surface area contributed by atoms with Gasteiger partial charge in [0.1, 0.15) is 5.75 Å². The second-order valence-electron chi connectivity index (χ2n) is 6.03. The molecular formula is C17H22N4O7. The molecule has 0 bridgehead atoms. The van der Waals surface area contributed by atoms with E-state index in [1.54, 1.807) is 11.8 Å². The van der Waals surface area contributed by atoms with Crippen LogP contribution in [0.3, 0.4) is 0 Å². The smallest absolute Gasteiger partial charge is 0.409 e. The highest BCUT2D eigenvalue weighted by molar-refractivity contribution is 6.39. The molecule has 1 aromatic carbocycles. The van der Waals surface area contributed by atoms with Crippen LogP contribution in [0.5, 0.6) is 5.75 Å². The first-order valence-electron chi connectivity index (χ1n) is 8.71. The van der Waals surface area contributed by atoms with Gasteiger partial charge in [0.05, 0.1) is 30.4 Å². The summed E-state index contributed by atoms with van der Waals surface area (Å²) in [7, 11) is 1.30. The van der Waals surface area contributed by atoms with Gasteiger partial charge in [-0.1, -0.05) is 0 Å². The van der Waals surface area contributed by atoms with Crippen LogP contribution in [0.15, 0.2) is 18.2 Å². The number of hydrogen-bond donors (Lipinski definition) is 2. The number of benzene rings is 1. The fourth-order valence-corrected chi connectivity index (χ4v) is 2.75. The fourth-order valence-electron chi connectivity index (χ4n) is 2.75. The van der Waals surface area contributed by atoms with Crippen LogP contribution in [0.1, 0.15) is 19.8 Å². The maximum atomic E-state index is 12.1. The highest BCUT2D eigenvalue weighted by atomic mass is 16.6. The topological polar surface area (TPSA) is 140 Å². The number of nitro groups is 1. The lowest BCUT2D eigenvalue weighted by Crippen LogP contribution is -2.49. The number of carbonyl (C=O) groups excluding carboxylic acids is 3. The number of likely N-dealkylation sites (tertiary alicyclic amines) is 1. The number of rotatable bonds is 5. The van der Waals surface area contributed by atoms with Gasteiger partial charge in [-0.15, -0.1) is 0 Å². The number of piperidine rings is 1. The molecule has 0 aromatic heterocycles. The van der Waals surface area contributed by atoms with Gasteiger partial charge in [0.2, 0.25) is 0 Å². The molecule has 0 saturated carbocycles. The first kappa shape index (κ1) is 20.9.